The number of aromatic hydroxyl groups is 1. The second-order valence-electron chi connectivity index (χ2n) is 5.30. The molecule has 0 bridgehead atoms. The summed E-state index contributed by atoms with van der Waals surface area (Å²) < 4.78 is 11.2. The number of hydrogen-bond acceptors (Lipinski definition) is 3. The lowest BCUT2D eigenvalue weighted by Gasteiger charge is -2.15. The van der Waals surface area contributed by atoms with E-state index in [1.807, 2.05) is 0 Å². The summed E-state index contributed by atoms with van der Waals surface area (Å²) in [5.74, 6) is 1.59. The molecule has 1 N–H and O–H groups in total. The van der Waals surface area contributed by atoms with Gasteiger partial charge in [0.25, 0.3) is 0 Å². The van der Waals surface area contributed by atoms with Gasteiger partial charge in [-0.15, -0.1) is 0 Å². The summed E-state index contributed by atoms with van der Waals surface area (Å²) in [5, 5.41) is 9.91. The van der Waals surface area contributed by atoms with Crippen LogP contribution in [0.15, 0.2) is 36.4 Å². The first kappa shape index (κ1) is 12.9. The summed E-state index contributed by atoms with van der Waals surface area (Å²) in [6.45, 7) is 4.18. The number of methoxy groups -OCH3 is 1. The zero-order valence-corrected chi connectivity index (χ0v) is 11.9. The van der Waals surface area contributed by atoms with Crippen molar-refractivity contribution in [2.45, 2.75) is 25.9 Å². The van der Waals surface area contributed by atoms with Gasteiger partial charge in [0.15, 0.2) is 11.5 Å². The van der Waals surface area contributed by atoms with Crippen molar-refractivity contribution in [3.63, 3.8) is 0 Å². The Morgan fingerprint density at radius 1 is 1.15 bits per heavy atom. The highest BCUT2D eigenvalue weighted by molar-refractivity contribution is 5.54. The first-order valence-electron chi connectivity index (χ1n) is 6.74. The van der Waals surface area contributed by atoms with Crippen molar-refractivity contribution in [1.82, 2.24) is 0 Å². The molecule has 0 fully saturated rings. The van der Waals surface area contributed by atoms with Gasteiger partial charge in [0.2, 0.25) is 0 Å². The monoisotopic (exact) mass is 270 g/mol. The Balaban J connectivity index is 1.97. The third-order valence-electron chi connectivity index (χ3n) is 3.92. The maximum Gasteiger partial charge on any atom is 0.164 e. The molecule has 3 rings (SSSR count). The molecule has 20 heavy (non-hydrogen) atoms. The molecule has 1 aliphatic heterocycles. The Labute approximate surface area is 118 Å². The normalized spacial score (nSPS) is 20.4. The molecule has 0 amide bonds. The smallest absolute Gasteiger partial charge is 0.164 e. The summed E-state index contributed by atoms with van der Waals surface area (Å²) in [7, 11) is 1.54. The van der Waals surface area contributed by atoms with Crippen LogP contribution in [0.1, 0.15) is 35.6 Å². The number of hydrogen-bond donors (Lipinski definition) is 1. The van der Waals surface area contributed by atoms with Gasteiger partial charge in [-0.2, -0.15) is 0 Å². The van der Waals surface area contributed by atoms with Crippen molar-refractivity contribution in [2.24, 2.45) is 0 Å². The molecule has 3 heteroatoms. The molecule has 2 atom stereocenters. The Kier molecular flexibility index (Phi) is 3.05. The Morgan fingerprint density at radius 3 is 2.50 bits per heavy atom. The van der Waals surface area contributed by atoms with Crippen molar-refractivity contribution < 1.29 is 14.6 Å². The molecule has 2 aromatic carbocycles. The largest absolute Gasteiger partial charge is 0.504 e. The predicted molar refractivity (Wildman–Crippen MR) is 77.6 cm³/mol. The lowest BCUT2D eigenvalue weighted by molar-refractivity contribution is 0.215. The predicted octanol–water partition coefficient (Wildman–Crippen LogP) is 3.95. The highest BCUT2D eigenvalue weighted by Gasteiger charge is 2.33. The van der Waals surface area contributed by atoms with Crippen LogP contribution < -0.4 is 9.47 Å². The topological polar surface area (TPSA) is 38.7 Å². The lowest BCUT2D eigenvalue weighted by Crippen LogP contribution is -2.06. The van der Waals surface area contributed by atoms with Crippen LogP contribution >= 0.6 is 0 Å². The second-order valence-corrected chi connectivity index (χ2v) is 5.30. The van der Waals surface area contributed by atoms with Crippen LogP contribution in [0.4, 0.5) is 0 Å². The molecule has 2 aromatic rings. The zero-order valence-electron chi connectivity index (χ0n) is 11.9. The Hall–Kier alpha value is -2.16. The summed E-state index contributed by atoms with van der Waals surface area (Å²) in [5.41, 5.74) is 3.41. The van der Waals surface area contributed by atoms with E-state index in [0.29, 0.717) is 5.75 Å². The number of rotatable bonds is 2. The molecule has 0 spiro atoms. The Morgan fingerprint density at radius 2 is 1.85 bits per heavy atom. The minimum absolute atomic E-state index is 0.0166. The van der Waals surface area contributed by atoms with Crippen LogP contribution in [0, 0.1) is 6.92 Å². The standard InChI is InChI=1S/C17H18O3/c1-10-4-6-12(7-5-10)17-11(2)13-8-14(18)16(19-3)9-15(13)20-17/h4-9,11,17-18H,1-3H3. The maximum absolute atomic E-state index is 9.91. The van der Waals surface area contributed by atoms with E-state index >= 15 is 0 Å². The Bertz CT molecular complexity index is 631. The molecule has 1 aliphatic rings. The number of ether oxygens (including phenoxy) is 2. The van der Waals surface area contributed by atoms with Gasteiger partial charge in [-0.3, -0.25) is 0 Å². The van der Waals surface area contributed by atoms with E-state index < -0.39 is 0 Å². The van der Waals surface area contributed by atoms with Gasteiger partial charge in [0, 0.05) is 17.5 Å². The number of benzene rings is 2. The second kappa shape index (κ2) is 4.75. The summed E-state index contributed by atoms with van der Waals surface area (Å²) in [4.78, 5) is 0. The van der Waals surface area contributed by atoms with Crippen LogP contribution in [0.5, 0.6) is 17.2 Å². The van der Waals surface area contributed by atoms with Gasteiger partial charge >= 0.3 is 0 Å². The number of fused-ring (bicyclic) bond motifs is 1. The molecule has 0 radical (unpaired) electrons. The fourth-order valence-electron chi connectivity index (χ4n) is 2.70. The van der Waals surface area contributed by atoms with Crippen molar-refractivity contribution in [1.29, 1.82) is 0 Å². The molecule has 0 saturated carbocycles. The van der Waals surface area contributed by atoms with Crippen molar-refractivity contribution in [2.75, 3.05) is 7.11 Å². The van der Waals surface area contributed by atoms with Crippen LogP contribution in [0.25, 0.3) is 0 Å². The minimum atomic E-state index is -0.0166. The van der Waals surface area contributed by atoms with E-state index in [2.05, 4.69) is 38.1 Å². The highest BCUT2D eigenvalue weighted by atomic mass is 16.5. The van der Waals surface area contributed by atoms with E-state index in [9.17, 15) is 5.11 Å². The lowest BCUT2D eigenvalue weighted by atomic mass is 9.92. The van der Waals surface area contributed by atoms with Crippen LogP contribution in [-0.2, 0) is 0 Å². The minimum Gasteiger partial charge on any atom is -0.504 e. The van der Waals surface area contributed by atoms with E-state index in [4.69, 9.17) is 9.47 Å². The van der Waals surface area contributed by atoms with E-state index in [1.165, 1.54) is 12.7 Å². The fourth-order valence-corrected chi connectivity index (χ4v) is 2.70. The van der Waals surface area contributed by atoms with Crippen LogP contribution in [0.2, 0.25) is 0 Å². The van der Waals surface area contributed by atoms with Gasteiger partial charge in [-0.1, -0.05) is 36.8 Å². The average molecular weight is 270 g/mol. The molecule has 2 unspecified atom stereocenters. The SMILES string of the molecule is COc1cc2c(cc1O)C(C)C(c1ccc(C)cc1)O2. The molecule has 0 aliphatic carbocycles. The number of phenolic OH excluding ortho intramolecular Hbond substituents is 1. The summed E-state index contributed by atoms with van der Waals surface area (Å²) in [6, 6.07) is 11.9. The zero-order chi connectivity index (χ0) is 14.3. The molecular weight excluding hydrogens is 252 g/mol. The van der Waals surface area contributed by atoms with Crippen molar-refractivity contribution in [3.8, 4) is 17.2 Å². The fraction of sp³-hybridized carbons (Fsp3) is 0.294. The van der Waals surface area contributed by atoms with E-state index in [1.54, 1.807) is 12.1 Å². The van der Waals surface area contributed by atoms with E-state index in [0.717, 1.165) is 16.9 Å². The van der Waals surface area contributed by atoms with Crippen LogP contribution in [0.3, 0.4) is 0 Å². The third kappa shape index (κ3) is 1.99. The third-order valence-corrected chi connectivity index (χ3v) is 3.92. The first-order valence-corrected chi connectivity index (χ1v) is 6.74. The molecule has 3 nitrogen and oxygen atoms in total. The molecular formula is C17H18O3. The van der Waals surface area contributed by atoms with Gasteiger partial charge in [0.1, 0.15) is 11.9 Å². The van der Waals surface area contributed by atoms with E-state index in [-0.39, 0.29) is 17.8 Å². The first-order chi connectivity index (χ1) is 9.60. The maximum atomic E-state index is 9.91. The van der Waals surface area contributed by atoms with Crippen molar-refractivity contribution >= 4 is 0 Å². The van der Waals surface area contributed by atoms with Gasteiger partial charge in [0.05, 0.1) is 7.11 Å². The van der Waals surface area contributed by atoms with Gasteiger partial charge in [-0.25, -0.2) is 0 Å². The number of phenols is 1. The van der Waals surface area contributed by atoms with Gasteiger partial charge in [-0.05, 0) is 18.6 Å². The molecule has 0 saturated heterocycles. The molecule has 104 valence electrons. The highest BCUT2D eigenvalue weighted by Crippen LogP contribution is 2.49. The summed E-state index contributed by atoms with van der Waals surface area (Å²) in [6.07, 6.45) is -0.0166. The average Bonchev–Trinajstić information content (AvgIpc) is 2.76. The van der Waals surface area contributed by atoms with Crippen LogP contribution in [-0.4, -0.2) is 12.2 Å². The molecule has 1 heterocycles. The number of aryl methyl sites for hydroxylation is 1. The van der Waals surface area contributed by atoms with Crippen molar-refractivity contribution in [3.05, 3.63) is 53.1 Å². The molecule has 0 aromatic heterocycles. The van der Waals surface area contributed by atoms with Gasteiger partial charge < -0.3 is 14.6 Å². The summed E-state index contributed by atoms with van der Waals surface area (Å²) >= 11 is 0. The quantitative estimate of drug-likeness (QED) is 0.898.